The van der Waals surface area contributed by atoms with E-state index in [1.165, 1.54) is 24.3 Å². The van der Waals surface area contributed by atoms with E-state index in [1.54, 1.807) is 7.11 Å². The number of hydrogen-bond donors (Lipinski definition) is 2. The van der Waals surface area contributed by atoms with Crippen LogP contribution in [0.5, 0.6) is 0 Å². The molecule has 1 fully saturated rings. The zero-order valence-corrected chi connectivity index (χ0v) is 11.5. The lowest BCUT2D eigenvalue weighted by atomic mass is 9.98. The second-order valence-electron chi connectivity index (χ2n) is 5.26. The number of carbonyl (C=O) groups excluding carboxylic acids is 1. The van der Waals surface area contributed by atoms with Crippen LogP contribution in [0.2, 0.25) is 0 Å². The molecule has 0 aliphatic heterocycles. The Kier molecular flexibility index (Phi) is 4.39. The molecule has 5 nitrogen and oxygen atoms in total. The van der Waals surface area contributed by atoms with E-state index < -0.39 is 5.97 Å². The fourth-order valence-electron chi connectivity index (χ4n) is 2.71. The SMILES string of the molecule is COCC1(NC(=O)c2ccc(C(=O)O)cc2)CCCC1. The van der Waals surface area contributed by atoms with Gasteiger partial charge in [-0.3, -0.25) is 4.79 Å². The van der Waals surface area contributed by atoms with Gasteiger partial charge in [0.05, 0.1) is 17.7 Å². The number of carboxylic acid groups (broad SMARTS) is 1. The van der Waals surface area contributed by atoms with E-state index in [4.69, 9.17) is 9.84 Å². The van der Waals surface area contributed by atoms with Crippen molar-refractivity contribution in [3.05, 3.63) is 35.4 Å². The summed E-state index contributed by atoms with van der Waals surface area (Å²) in [4.78, 5) is 23.0. The monoisotopic (exact) mass is 277 g/mol. The van der Waals surface area contributed by atoms with E-state index >= 15 is 0 Å². The van der Waals surface area contributed by atoms with E-state index in [0.29, 0.717) is 12.2 Å². The Balaban J connectivity index is 2.08. The number of hydrogen-bond acceptors (Lipinski definition) is 3. The van der Waals surface area contributed by atoms with Crippen molar-refractivity contribution in [1.82, 2.24) is 5.32 Å². The van der Waals surface area contributed by atoms with Crippen molar-refractivity contribution in [2.24, 2.45) is 0 Å². The summed E-state index contributed by atoms with van der Waals surface area (Å²) in [6.07, 6.45) is 4.00. The summed E-state index contributed by atoms with van der Waals surface area (Å²) < 4.78 is 5.22. The van der Waals surface area contributed by atoms with Crippen LogP contribution in [-0.4, -0.2) is 36.2 Å². The normalized spacial score (nSPS) is 16.9. The Labute approximate surface area is 117 Å². The van der Waals surface area contributed by atoms with E-state index in [-0.39, 0.29) is 17.0 Å². The highest BCUT2D eigenvalue weighted by Gasteiger charge is 2.35. The van der Waals surface area contributed by atoms with Crippen molar-refractivity contribution >= 4 is 11.9 Å². The van der Waals surface area contributed by atoms with Crippen LogP contribution in [0, 0.1) is 0 Å². The summed E-state index contributed by atoms with van der Waals surface area (Å²) in [6, 6.07) is 5.95. The first-order valence-electron chi connectivity index (χ1n) is 6.71. The number of rotatable bonds is 5. The maximum Gasteiger partial charge on any atom is 0.335 e. The fourth-order valence-corrected chi connectivity index (χ4v) is 2.71. The van der Waals surface area contributed by atoms with Crippen LogP contribution < -0.4 is 5.32 Å². The lowest BCUT2D eigenvalue weighted by Crippen LogP contribution is -2.49. The van der Waals surface area contributed by atoms with Gasteiger partial charge in [-0.2, -0.15) is 0 Å². The van der Waals surface area contributed by atoms with Crippen molar-refractivity contribution in [2.75, 3.05) is 13.7 Å². The quantitative estimate of drug-likeness (QED) is 0.864. The molecule has 1 aromatic rings. The Bertz CT molecular complexity index is 489. The standard InChI is InChI=1S/C15H19NO4/c1-20-10-15(8-2-3-9-15)16-13(17)11-4-6-12(7-5-11)14(18)19/h4-7H,2-3,8-10H2,1H3,(H,16,17)(H,18,19). The second-order valence-corrected chi connectivity index (χ2v) is 5.26. The zero-order chi connectivity index (χ0) is 14.6. The van der Waals surface area contributed by atoms with Crippen molar-refractivity contribution < 1.29 is 19.4 Å². The molecular weight excluding hydrogens is 258 g/mol. The van der Waals surface area contributed by atoms with Gasteiger partial charge < -0.3 is 15.2 Å². The van der Waals surface area contributed by atoms with Crippen LogP contribution in [0.25, 0.3) is 0 Å². The van der Waals surface area contributed by atoms with Crippen molar-refractivity contribution in [3.63, 3.8) is 0 Å². The molecule has 0 spiro atoms. The molecule has 1 aliphatic rings. The molecule has 1 aromatic carbocycles. The maximum absolute atomic E-state index is 12.2. The smallest absolute Gasteiger partial charge is 0.335 e. The Morgan fingerprint density at radius 1 is 1.20 bits per heavy atom. The van der Waals surface area contributed by atoms with Gasteiger partial charge in [-0.15, -0.1) is 0 Å². The Morgan fingerprint density at radius 3 is 2.25 bits per heavy atom. The van der Waals surface area contributed by atoms with Gasteiger partial charge in [-0.1, -0.05) is 12.8 Å². The van der Waals surface area contributed by atoms with Crippen LogP contribution in [-0.2, 0) is 4.74 Å². The third-order valence-electron chi connectivity index (χ3n) is 3.75. The third-order valence-corrected chi connectivity index (χ3v) is 3.75. The molecule has 0 atom stereocenters. The van der Waals surface area contributed by atoms with Crippen molar-refractivity contribution in [3.8, 4) is 0 Å². The Hall–Kier alpha value is -1.88. The molecule has 20 heavy (non-hydrogen) atoms. The third kappa shape index (κ3) is 3.17. The summed E-state index contributed by atoms with van der Waals surface area (Å²) in [5, 5.41) is 11.9. The zero-order valence-electron chi connectivity index (χ0n) is 11.5. The van der Waals surface area contributed by atoms with Crippen molar-refractivity contribution in [1.29, 1.82) is 0 Å². The van der Waals surface area contributed by atoms with Gasteiger partial charge >= 0.3 is 5.97 Å². The summed E-state index contributed by atoms with van der Waals surface area (Å²) in [7, 11) is 1.63. The molecule has 0 heterocycles. The second kappa shape index (κ2) is 6.05. The number of methoxy groups -OCH3 is 1. The lowest BCUT2D eigenvalue weighted by Gasteiger charge is -2.29. The topological polar surface area (TPSA) is 75.6 Å². The van der Waals surface area contributed by atoms with Gasteiger partial charge in [-0.25, -0.2) is 4.79 Å². The van der Waals surface area contributed by atoms with E-state index in [2.05, 4.69) is 5.32 Å². The number of carbonyl (C=O) groups is 2. The summed E-state index contributed by atoms with van der Waals surface area (Å²) in [5.74, 6) is -1.18. The highest BCUT2D eigenvalue weighted by atomic mass is 16.5. The molecule has 0 bridgehead atoms. The number of aromatic carboxylic acids is 1. The number of amides is 1. The molecule has 5 heteroatoms. The maximum atomic E-state index is 12.2. The molecule has 1 amide bonds. The van der Waals surface area contributed by atoms with Gasteiger partial charge in [-0.05, 0) is 37.1 Å². The molecular formula is C15H19NO4. The minimum Gasteiger partial charge on any atom is -0.478 e. The number of nitrogens with one attached hydrogen (secondary N) is 1. The largest absolute Gasteiger partial charge is 0.478 e. The van der Waals surface area contributed by atoms with E-state index in [9.17, 15) is 9.59 Å². The first-order valence-corrected chi connectivity index (χ1v) is 6.71. The number of benzene rings is 1. The van der Waals surface area contributed by atoms with Gasteiger partial charge in [0.1, 0.15) is 0 Å². The van der Waals surface area contributed by atoms with Gasteiger partial charge in [0, 0.05) is 12.7 Å². The van der Waals surface area contributed by atoms with Crippen LogP contribution in [0.15, 0.2) is 24.3 Å². The number of ether oxygens (including phenoxy) is 1. The molecule has 1 saturated carbocycles. The lowest BCUT2D eigenvalue weighted by molar-refractivity contribution is 0.0694. The van der Waals surface area contributed by atoms with Gasteiger partial charge in [0.2, 0.25) is 0 Å². The van der Waals surface area contributed by atoms with Crippen molar-refractivity contribution in [2.45, 2.75) is 31.2 Å². The molecule has 0 saturated heterocycles. The predicted molar refractivity (Wildman–Crippen MR) is 73.9 cm³/mol. The molecule has 1 aliphatic carbocycles. The summed E-state index contributed by atoms with van der Waals surface area (Å²) >= 11 is 0. The molecule has 108 valence electrons. The molecule has 0 aromatic heterocycles. The first kappa shape index (κ1) is 14.5. The minimum atomic E-state index is -0.997. The highest BCUT2D eigenvalue weighted by Crippen LogP contribution is 2.30. The molecule has 0 radical (unpaired) electrons. The molecule has 2 N–H and O–H groups in total. The fraction of sp³-hybridized carbons (Fsp3) is 0.467. The van der Waals surface area contributed by atoms with Crippen LogP contribution >= 0.6 is 0 Å². The summed E-state index contributed by atoms with van der Waals surface area (Å²) in [6.45, 7) is 0.506. The van der Waals surface area contributed by atoms with Crippen LogP contribution in [0.1, 0.15) is 46.4 Å². The van der Waals surface area contributed by atoms with Crippen LogP contribution in [0.4, 0.5) is 0 Å². The van der Waals surface area contributed by atoms with Gasteiger partial charge in [0.25, 0.3) is 5.91 Å². The van der Waals surface area contributed by atoms with E-state index in [1.807, 2.05) is 0 Å². The minimum absolute atomic E-state index is 0.175. The van der Waals surface area contributed by atoms with Gasteiger partial charge in [0.15, 0.2) is 0 Å². The predicted octanol–water partition coefficient (Wildman–Crippen LogP) is 2.07. The molecule has 0 unspecified atom stereocenters. The highest BCUT2D eigenvalue weighted by molar-refractivity contribution is 5.96. The average Bonchev–Trinajstić information content (AvgIpc) is 2.87. The number of carboxylic acids is 1. The van der Waals surface area contributed by atoms with E-state index in [0.717, 1.165) is 25.7 Å². The average molecular weight is 277 g/mol. The molecule has 2 rings (SSSR count). The summed E-state index contributed by atoms with van der Waals surface area (Å²) in [5.41, 5.74) is 0.364. The first-order chi connectivity index (χ1) is 9.56. The van der Waals surface area contributed by atoms with Crippen LogP contribution in [0.3, 0.4) is 0 Å². The Morgan fingerprint density at radius 2 is 1.75 bits per heavy atom.